The number of aryl methyl sites for hydroxylation is 1. The monoisotopic (exact) mass is 173 g/mol. The van der Waals surface area contributed by atoms with Crippen LogP contribution in [0.5, 0.6) is 0 Å². The molecule has 1 rings (SSSR count). The van der Waals surface area contributed by atoms with Gasteiger partial charge in [0.2, 0.25) is 0 Å². The van der Waals surface area contributed by atoms with Gasteiger partial charge in [0, 0.05) is 24.5 Å². The molecule has 0 spiro atoms. The van der Waals surface area contributed by atoms with E-state index in [-0.39, 0.29) is 0 Å². The Kier molecular flexibility index (Phi) is 2.76. The minimum Gasteiger partial charge on any atom is -0.369 e. The van der Waals surface area contributed by atoms with Crippen LogP contribution in [0.25, 0.3) is 0 Å². The maximum atomic E-state index is 5.59. The first-order chi connectivity index (χ1) is 5.29. The van der Waals surface area contributed by atoms with E-state index in [9.17, 15) is 0 Å². The number of rotatable bonds is 3. The summed E-state index contributed by atoms with van der Waals surface area (Å²) in [6.07, 6.45) is 2.61. The summed E-state index contributed by atoms with van der Waals surface area (Å²) in [5.41, 5.74) is 6.70. The number of imidazole rings is 1. The van der Waals surface area contributed by atoms with Gasteiger partial charge in [-0.1, -0.05) is 0 Å². The standard InChI is InChI=1S/C7H12ClN3/c1-2-11-6(3-4-8)5-10-7(11)9/h5H,2-4H2,1H3,(H2,9,10). The average Bonchev–Trinajstić information content (AvgIpc) is 2.33. The van der Waals surface area contributed by atoms with Gasteiger partial charge < -0.3 is 10.3 Å². The smallest absolute Gasteiger partial charge is 0.200 e. The zero-order chi connectivity index (χ0) is 8.27. The quantitative estimate of drug-likeness (QED) is 0.700. The predicted octanol–water partition coefficient (Wildman–Crippen LogP) is 1.27. The van der Waals surface area contributed by atoms with Gasteiger partial charge in [-0.3, -0.25) is 0 Å². The Morgan fingerprint density at radius 2 is 2.45 bits per heavy atom. The van der Waals surface area contributed by atoms with E-state index in [2.05, 4.69) is 4.98 Å². The van der Waals surface area contributed by atoms with Crippen LogP contribution in [0, 0.1) is 0 Å². The summed E-state index contributed by atoms with van der Waals surface area (Å²) in [5, 5.41) is 0. The molecular formula is C7H12ClN3. The van der Waals surface area contributed by atoms with Crippen molar-refractivity contribution in [1.82, 2.24) is 9.55 Å². The Bertz CT molecular complexity index is 232. The molecule has 1 aromatic heterocycles. The normalized spacial score (nSPS) is 10.4. The number of hydrogen-bond donors (Lipinski definition) is 1. The van der Waals surface area contributed by atoms with Crippen molar-refractivity contribution in [2.75, 3.05) is 11.6 Å². The van der Waals surface area contributed by atoms with Gasteiger partial charge in [-0.25, -0.2) is 4.98 Å². The summed E-state index contributed by atoms with van der Waals surface area (Å²) < 4.78 is 1.96. The van der Waals surface area contributed by atoms with Gasteiger partial charge in [0.1, 0.15) is 0 Å². The van der Waals surface area contributed by atoms with Crippen LogP contribution >= 0.6 is 11.6 Å². The minimum atomic E-state index is 0.576. The van der Waals surface area contributed by atoms with Crippen molar-refractivity contribution in [3.63, 3.8) is 0 Å². The van der Waals surface area contributed by atoms with Crippen LogP contribution in [0.4, 0.5) is 5.95 Å². The van der Waals surface area contributed by atoms with E-state index in [0.29, 0.717) is 11.8 Å². The molecule has 11 heavy (non-hydrogen) atoms. The molecule has 4 heteroatoms. The van der Waals surface area contributed by atoms with Crippen molar-refractivity contribution in [3.8, 4) is 0 Å². The molecule has 0 saturated carbocycles. The van der Waals surface area contributed by atoms with Crippen molar-refractivity contribution in [3.05, 3.63) is 11.9 Å². The summed E-state index contributed by atoms with van der Waals surface area (Å²) in [6, 6.07) is 0. The zero-order valence-corrected chi connectivity index (χ0v) is 7.30. The van der Waals surface area contributed by atoms with Crippen LogP contribution in [-0.4, -0.2) is 15.4 Å². The molecule has 0 atom stereocenters. The summed E-state index contributed by atoms with van der Waals surface area (Å²) in [4.78, 5) is 3.99. The fourth-order valence-electron chi connectivity index (χ4n) is 1.09. The molecule has 0 saturated heterocycles. The third kappa shape index (κ3) is 1.66. The maximum absolute atomic E-state index is 5.59. The van der Waals surface area contributed by atoms with E-state index in [1.54, 1.807) is 6.20 Å². The largest absolute Gasteiger partial charge is 0.369 e. The van der Waals surface area contributed by atoms with Crippen LogP contribution in [0.3, 0.4) is 0 Å². The molecule has 0 amide bonds. The molecule has 1 aromatic rings. The molecule has 2 N–H and O–H groups in total. The van der Waals surface area contributed by atoms with Crippen LogP contribution < -0.4 is 5.73 Å². The minimum absolute atomic E-state index is 0.576. The highest BCUT2D eigenvalue weighted by Gasteiger charge is 2.03. The lowest BCUT2D eigenvalue weighted by Crippen LogP contribution is -2.05. The molecule has 1 heterocycles. The summed E-state index contributed by atoms with van der Waals surface area (Å²) >= 11 is 5.59. The van der Waals surface area contributed by atoms with Gasteiger partial charge in [0.25, 0.3) is 0 Å². The number of alkyl halides is 1. The maximum Gasteiger partial charge on any atom is 0.200 e. The topological polar surface area (TPSA) is 43.8 Å². The molecule has 62 valence electrons. The van der Waals surface area contributed by atoms with Crippen LogP contribution in [0.2, 0.25) is 0 Å². The third-order valence-electron chi connectivity index (χ3n) is 1.64. The highest BCUT2D eigenvalue weighted by Crippen LogP contribution is 2.07. The molecule has 0 fully saturated rings. The lowest BCUT2D eigenvalue weighted by Gasteiger charge is -2.03. The number of hydrogen-bond acceptors (Lipinski definition) is 2. The van der Waals surface area contributed by atoms with Gasteiger partial charge in [0.15, 0.2) is 5.95 Å². The number of aromatic nitrogens is 2. The highest BCUT2D eigenvalue weighted by atomic mass is 35.5. The van der Waals surface area contributed by atoms with Gasteiger partial charge in [-0.15, -0.1) is 11.6 Å². The molecule has 0 bridgehead atoms. The zero-order valence-electron chi connectivity index (χ0n) is 6.55. The summed E-state index contributed by atoms with van der Waals surface area (Å²) in [7, 11) is 0. The molecular weight excluding hydrogens is 162 g/mol. The van der Waals surface area contributed by atoms with Crippen molar-refractivity contribution in [2.24, 2.45) is 0 Å². The van der Waals surface area contributed by atoms with E-state index >= 15 is 0 Å². The Morgan fingerprint density at radius 1 is 1.73 bits per heavy atom. The fourth-order valence-corrected chi connectivity index (χ4v) is 1.28. The molecule has 0 aromatic carbocycles. The number of anilines is 1. The third-order valence-corrected chi connectivity index (χ3v) is 1.82. The van der Waals surface area contributed by atoms with Crippen molar-refractivity contribution < 1.29 is 0 Å². The lowest BCUT2D eigenvalue weighted by atomic mass is 10.3. The number of halogens is 1. The van der Waals surface area contributed by atoms with Crippen LogP contribution in [0.15, 0.2) is 6.20 Å². The molecule has 0 unspecified atom stereocenters. The average molecular weight is 174 g/mol. The number of nitrogens with zero attached hydrogens (tertiary/aromatic N) is 2. The molecule has 0 aliphatic heterocycles. The Morgan fingerprint density at radius 3 is 3.00 bits per heavy atom. The number of nitrogens with two attached hydrogens (primary N) is 1. The van der Waals surface area contributed by atoms with Crippen molar-refractivity contribution >= 4 is 17.5 Å². The highest BCUT2D eigenvalue weighted by molar-refractivity contribution is 6.17. The second kappa shape index (κ2) is 3.62. The van der Waals surface area contributed by atoms with E-state index in [0.717, 1.165) is 18.7 Å². The van der Waals surface area contributed by atoms with E-state index < -0.39 is 0 Å². The van der Waals surface area contributed by atoms with Gasteiger partial charge in [0.05, 0.1) is 6.20 Å². The molecule has 3 nitrogen and oxygen atoms in total. The fraction of sp³-hybridized carbons (Fsp3) is 0.571. The Hall–Kier alpha value is -0.700. The van der Waals surface area contributed by atoms with Gasteiger partial charge >= 0.3 is 0 Å². The molecule has 0 aliphatic carbocycles. The first-order valence-corrected chi connectivity index (χ1v) is 4.19. The van der Waals surface area contributed by atoms with Crippen molar-refractivity contribution in [2.45, 2.75) is 19.9 Å². The summed E-state index contributed by atoms with van der Waals surface area (Å²) in [5.74, 6) is 1.19. The molecule has 0 aliphatic rings. The van der Waals surface area contributed by atoms with Gasteiger partial charge in [-0.05, 0) is 6.92 Å². The predicted molar refractivity (Wildman–Crippen MR) is 46.7 cm³/mol. The lowest BCUT2D eigenvalue weighted by molar-refractivity contribution is 0.729. The Labute approximate surface area is 71.2 Å². The van der Waals surface area contributed by atoms with E-state index in [4.69, 9.17) is 17.3 Å². The van der Waals surface area contributed by atoms with Crippen molar-refractivity contribution in [1.29, 1.82) is 0 Å². The summed E-state index contributed by atoms with van der Waals surface area (Å²) in [6.45, 7) is 2.90. The molecule has 0 radical (unpaired) electrons. The first kappa shape index (κ1) is 8.40. The SMILES string of the molecule is CCn1c(CCCl)cnc1N. The number of nitrogen functional groups attached to an aromatic ring is 1. The van der Waals surface area contributed by atoms with E-state index in [1.165, 1.54) is 0 Å². The second-order valence-electron chi connectivity index (χ2n) is 2.29. The Balaban J connectivity index is 2.86. The van der Waals surface area contributed by atoms with Crippen LogP contribution in [0.1, 0.15) is 12.6 Å². The second-order valence-corrected chi connectivity index (χ2v) is 2.67. The van der Waals surface area contributed by atoms with Gasteiger partial charge in [-0.2, -0.15) is 0 Å². The van der Waals surface area contributed by atoms with E-state index in [1.807, 2.05) is 11.5 Å². The van der Waals surface area contributed by atoms with Crippen LogP contribution in [-0.2, 0) is 13.0 Å². The first-order valence-electron chi connectivity index (χ1n) is 3.65.